The van der Waals surface area contributed by atoms with Crippen LogP contribution in [0.3, 0.4) is 0 Å². The van der Waals surface area contributed by atoms with E-state index in [1.807, 2.05) is 0 Å². The van der Waals surface area contributed by atoms with Crippen molar-refractivity contribution in [3.05, 3.63) is 60.8 Å². The third-order valence-electron chi connectivity index (χ3n) is 6.21. The lowest BCUT2D eigenvalue weighted by Crippen LogP contribution is -2.27. The van der Waals surface area contributed by atoms with Gasteiger partial charge in [-0.25, -0.2) is 4.57 Å². The van der Waals surface area contributed by atoms with E-state index in [2.05, 4.69) is 79.9 Å². The minimum atomic E-state index is -4.41. The number of carbonyl (C=O) groups excluding carboxylic acids is 2. The molecule has 0 aromatic carbocycles. The number of phosphoric acid groups is 1. The molecule has 3 N–H and O–H groups in total. The molecule has 2 unspecified atom stereocenters. The van der Waals surface area contributed by atoms with Crippen molar-refractivity contribution in [2.75, 3.05) is 26.4 Å². The fraction of sp³-hybridized carbons (Fsp3) is 0.647. The van der Waals surface area contributed by atoms with Crippen molar-refractivity contribution in [1.29, 1.82) is 0 Å². The van der Waals surface area contributed by atoms with E-state index < -0.39 is 26.5 Å². The molecule has 0 aliphatic rings. The standard InChI is InChI=1S/C34H58NO8P/c1-3-5-7-9-10-11-12-13-14-15-16-17-18-19-20-21-22-23-24-26-33(37)35-28-29-42-44(39,40)43-31-32(36)30-41-34(38)27-25-8-6-4-2/h5,7,10-11,13-14,16-17,19-20,32,36H,3-4,6,8-9,12,15,18,21-31H2,1-2H3,(H,35,37)(H,39,40)/b7-5-,11-10-,14-13-,17-16-,20-19-. The summed E-state index contributed by atoms with van der Waals surface area (Å²) >= 11 is 0. The first-order valence-electron chi connectivity index (χ1n) is 16.3. The number of hydrogen-bond donors (Lipinski definition) is 3. The normalized spacial score (nSPS) is 14.4. The summed E-state index contributed by atoms with van der Waals surface area (Å²) in [5.41, 5.74) is 0. The Morgan fingerprint density at radius 1 is 0.727 bits per heavy atom. The van der Waals surface area contributed by atoms with Crippen LogP contribution < -0.4 is 5.32 Å². The molecule has 1 amide bonds. The average molecular weight is 640 g/mol. The van der Waals surface area contributed by atoms with Crippen LogP contribution in [0.15, 0.2) is 60.8 Å². The van der Waals surface area contributed by atoms with E-state index in [0.717, 1.165) is 83.5 Å². The molecule has 44 heavy (non-hydrogen) atoms. The molecule has 252 valence electrons. The molecular weight excluding hydrogens is 581 g/mol. The smallest absolute Gasteiger partial charge is 0.463 e. The number of rotatable bonds is 29. The Labute approximate surface area is 266 Å². The summed E-state index contributed by atoms with van der Waals surface area (Å²) in [4.78, 5) is 33.3. The van der Waals surface area contributed by atoms with Gasteiger partial charge in [0.15, 0.2) is 0 Å². The van der Waals surface area contributed by atoms with E-state index in [0.29, 0.717) is 6.42 Å². The molecule has 0 radical (unpaired) electrons. The zero-order chi connectivity index (χ0) is 32.6. The highest BCUT2D eigenvalue weighted by Gasteiger charge is 2.23. The van der Waals surface area contributed by atoms with Crippen molar-refractivity contribution in [2.24, 2.45) is 0 Å². The highest BCUT2D eigenvalue weighted by Crippen LogP contribution is 2.42. The molecule has 0 spiro atoms. The maximum Gasteiger partial charge on any atom is 0.472 e. The van der Waals surface area contributed by atoms with Crippen LogP contribution in [0.25, 0.3) is 0 Å². The maximum atomic E-state index is 12.0. The van der Waals surface area contributed by atoms with Crippen molar-refractivity contribution in [3.8, 4) is 0 Å². The van der Waals surface area contributed by atoms with Crippen LogP contribution in [-0.2, 0) is 27.9 Å². The van der Waals surface area contributed by atoms with Gasteiger partial charge < -0.3 is 20.1 Å². The van der Waals surface area contributed by atoms with Crippen LogP contribution in [0.4, 0.5) is 0 Å². The molecule has 0 fully saturated rings. The van der Waals surface area contributed by atoms with E-state index in [9.17, 15) is 24.2 Å². The maximum absolute atomic E-state index is 12.0. The molecule has 0 heterocycles. The summed E-state index contributed by atoms with van der Waals surface area (Å²) in [6.45, 7) is 3.21. The number of allylic oxidation sites excluding steroid dienone is 10. The molecule has 0 aliphatic carbocycles. The van der Waals surface area contributed by atoms with Crippen LogP contribution in [0.1, 0.15) is 110 Å². The van der Waals surface area contributed by atoms with Gasteiger partial charge in [0.1, 0.15) is 12.7 Å². The summed E-state index contributed by atoms with van der Waals surface area (Å²) in [5, 5.41) is 12.5. The number of phosphoric ester groups is 1. The van der Waals surface area contributed by atoms with Gasteiger partial charge in [-0.15, -0.1) is 0 Å². The first-order chi connectivity index (χ1) is 21.3. The van der Waals surface area contributed by atoms with Crippen molar-refractivity contribution < 1.29 is 37.9 Å². The lowest BCUT2D eigenvalue weighted by molar-refractivity contribution is -0.147. The molecule has 9 nitrogen and oxygen atoms in total. The zero-order valence-electron chi connectivity index (χ0n) is 27.1. The molecular formula is C34H58NO8P. The lowest BCUT2D eigenvalue weighted by atomic mass is 10.1. The third-order valence-corrected chi connectivity index (χ3v) is 7.20. The fourth-order valence-corrected chi connectivity index (χ4v) is 4.51. The zero-order valence-corrected chi connectivity index (χ0v) is 28.0. The number of aliphatic hydroxyl groups excluding tert-OH is 1. The predicted octanol–water partition coefficient (Wildman–Crippen LogP) is 7.81. The van der Waals surface area contributed by atoms with Gasteiger partial charge in [-0.05, 0) is 57.8 Å². The van der Waals surface area contributed by atoms with Gasteiger partial charge >= 0.3 is 13.8 Å². The molecule has 0 bridgehead atoms. The van der Waals surface area contributed by atoms with E-state index in [-0.39, 0.29) is 32.1 Å². The number of hydrogen-bond acceptors (Lipinski definition) is 7. The first kappa shape index (κ1) is 41.7. The number of carbonyl (C=O) groups is 2. The average Bonchev–Trinajstić information content (AvgIpc) is 3.00. The van der Waals surface area contributed by atoms with Gasteiger partial charge in [-0.1, -0.05) is 100 Å². The van der Waals surface area contributed by atoms with Crippen LogP contribution >= 0.6 is 7.82 Å². The molecule has 0 saturated carbocycles. The Balaban J connectivity index is 3.71. The molecule has 0 rings (SSSR count). The Bertz CT molecular complexity index is 913. The number of amides is 1. The second-order valence-corrected chi connectivity index (χ2v) is 11.9. The van der Waals surface area contributed by atoms with Crippen molar-refractivity contribution >= 4 is 19.7 Å². The largest absolute Gasteiger partial charge is 0.472 e. The number of ether oxygens (including phenoxy) is 1. The van der Waals surface area contributed by atoms with Crippen molar-refractivity contribution in [3.63, 3.8) is 0 Å². The molecule has 0 aromatic heterocycles. The predicted molar refractivity (Wildman–Crippen MR) is 178 cm³/mol. The van der Waals surface area contributed by atoms with Crippen LogP contribution in [0, 0.1) is 0 Å². The van der Waals surface area contributed by atoms with E-state index in [4.69, 9.17) is 13.8 Å². The highest BCUT2D eigenvalue weighted by atomic mass is 31.2. The highest BCUT2D eigenvalue weighted by molar-refractivity contribution is 7.47. The molecule has 0 saturated heterocycles. The number of nitrogens with one attached hydrogen (secondary N) is 1. The summed E-state index contributed by atoms with van der Waals surface area (Å²) in [6, 6.07) is 0. The van der Waals surface area contributed by atoms with Crippen molar-refractivity contribution in [1.82, 2.24) is 5.32 Å². The molecule has 0 aromatic rings. The Hall–Kier alpha value is -2.29. The fourth-order valence-electron chi connectivity index (χ4n) is 3.76. The third kappa shape index (κ3) is 31.1. The van der Waals surface area contributed by atoms with E-state index in [1.165, 1.54) is 0 Å². The SMILES string of the molecule is CC/C=C\C/C=C\C/C=C\C/C=C\C/C=C\CCCCCC(=O)NCCOP(=O)(O)OCC(O)COC(=O)CCCCCC. The summed E-state index contributed by atoms with van der Waals surface area (Å²) in [7, 11) is -4.41. The molecule has 2 atom stereocenters. The number of esters is 1. The minimum Gasteiger partial charge on any atom is -0.463 e. The minimum absolute atomic E-state index is 0.0605. The number of unbranched alkanes of at least 4 members (excludes halogenated alkanes) is 6. The van der Waals surface area contributed by atoms with Gasteiger partial charge in [0.25, 0.3) is 0 Å². The Morgan fingerprint density at radius 3 is 1.91 bits per heavy atom. The molecule has 10 heteroatoms. The Kier molecular flexibility index (Phi) is 29.1. The van der Waals surface area contributed by atoms with Gasteiger partial charge in [0.2, 0.25) is 5.91 Å². The van der Waals surface area contributed by atoms with Crippen molar-refractivity contribution in [2.45, 2.75) is 116 Å². The Morgan fingerprint density at radius 2 is 1.30 bits per heavy atom. The summed E-state index contributed by atoms with van der Waals surface area (Å²) in [5.74, 6) is -0.575. The van der Waals surface area contributed by atoms with Gasteiger partial charge in [0.05, 0.1) is 13.2 Å². The summed E-state index contributed by atoms with van der Waals surface area (Å²) < 4.78 is 26.4. The lowest BCUT2D eigenvalue weighted by Gasteiger charge is -2.15. The van der Waals surface area contributed by atoms with Gasteiger partial charge in [-0.3, -0.25) is 18.6 Å². The van der Waals surface area contributed by atoms with Crippen LogP contribution in [0.2, 0.25) is 0 Å². The monoisotopic (exact) mass is 639 g/mol. The second-order valence-electron chi connectivity index (χ2n) is 10.4. The van der Waals surface area contributed by atoms with Gasteiger partial charge in [0, 0.05) is 19.4 Å². The van der Waals surface area contributed by atoms with Crippen LogP contribution in [0.5, 0.6) is 0 Å². The van der Waals surface area contributed by atoms with Crippen LogP contribution in [-0.4, -0.2) is 54.3 Å². The topological polar surface area (TPSA) is 131 Å². The molecule has 0 aliphatic heterocycles. The first-order valence-corrected chi connectivity index (χ1v) is 17.8. The quantitative estimate of drug-likeness (QED) is 0.0327. The van der Waals surface area contributed by atoms with Gasteiger partial charge in [-0.2, -0.15) is 0 Å². The number of aliphatic hydroxyl groups is 1. The van der Waals surface area contributed by atoms with E-state index in [1.54, 1.807) is 0 Å². The van der Waals surface area contributed by atoms with E-state index >= 15 is 0 Å². The summed E-state index contributed by atoms with van der Waals surface area (Å²) in [6.07, 6.45) is 33.6. The second kappa shape index (κ2) is 30.7.